The number of nitrogens with one attached hydrogen (secondary N) is 2. The molecule has 3 aliphatic heterocycles. The third kappa shape index (κ3) is 4.38. The summed E-state index contributed by atoms with van der Waals surface area (Å²) in [4.78, 5) is 34.6. The van der Waals surface area contributed by atoms with E-state index in [0.717, 1.165) is 0 Å². The molecule has 3 rings (SSSR count). The van der Waals surface area contributed by atoms with E-state index in [4.69, 9.17) is 28.8 Å². The highest BCUT2D eigenvalue weighted by Crippen LogP contribution is 2.44. The minimum absolute atomic E-state index is 0.398. The van der Waals surface area contributed by atoms with Crippen LogP contribution in [-0.2, 0) is 38.1 Å². The van der Waals surface area contributed by atoms with Crippen molar-refractivity contribution in [1.82, 2.24) is 10.6 Å². The molecule has 11 heteroatoms. The first-order valence-electron chi connectivity index (χ1n) is 8.60. The molecule has 2 amide bonds. The van der Waals surface area contributed by atoms with Gasteiger partial charge in [0.05, 0.1) is 6.54 Å². The van der Waals surface area contributed by atoms with Gasteiger partial charge in [0.2, 0.25) is 5.91 Å². The van der Waals surface area contributed by atoms with Gasteiger partial charge in [0.1, 0.15) is 24.9 Å². The Morgan fingerprint density at radius 3 is 2.11 bits per heavy atom. The maximum Gasteiger partial charge on any atom is 0.322 e. The summed E-state index contributed by atoms with van der Waals surface area (Å²) < 4.78 is 29.0. The van der Waals surface area contributed by atoms with E-state index < -0.39 is 73.2 Å². The fourth-order valence-electron chi connectivity index (χ4n) is 3.33. The first kappa shape index (κ1) is 20.0. The number of carbonyl (C=O) groups is 3. The van der Waals surface area contributed by atoms with E-state index >= 15 is 0 Å². The number of carboxylic acids is 1. The third-order valence-corrected chi connectivity index (χ3v) is 4.27. The second kappa shape index (κ2) is 6.99. The Kier molecular flexibility index (Phi) is 5.16. The lowest BCUT2D eigenvalue weighted by atomic mass is 9.98. The molecule has 0 aromatic carbocycles. The third-order valence-electron chi connectivity index (χ3n) is 4.27. The molecular formula is C16H24N2O9. The number of amides is 2. The zero-order valence-electron chi connectivity index (χ0n) is 15.5. The van der Waals surface area contributed by atoms with Crippen LogP contribution in [0.15, 0.2) is 0 Å². The molecule has 3 heterocycles. The van der Waals surface area contributed by atoms with Gasteiger partial charge >= 0.3 is 5.97 Å². The highest BCUT2D eigenvalue weighted by atomic mass is 16.9. The van der Waals surface area contributed by atoms with E-state index in [1.165, 1.54) is 0 Å². The van der Waals surface area contributed by atoms with Crippen molar-refractivity contribution in [3.05, 3.63) is 0 Å². The van der Waals surface area contributed by atoms with Crippen LogP contribution >= 0.6 is 0 Å². The van der Waals surface area contributed by atoms with Crippen LogP contribution in [-0.4, -0.2) is 78.3 Å². The van der Waals surface area contributed by atoms with Crippen molar-refractivity contribution in [2.45, 2.75) is 70.0 Å². The molecule has 3 N–H and O–H groups in total. The Morgan fingerprint density at radius 1 is 0.852 bits per heavy atom. The molecule has 3 saturated heterocycles. The van der Waals surface area contributed by atoms with E-state index in [-0.39, 0.29) is 0 Å². The molecule has 0 aliphatic carbocycles. The van der Waals surface area contributed by atoms with Gasteiger partial charge < -0.3 is 39.4 Å². The van der Waals surface area contributed by atoms with E-state index in [0.29, 0.717) is 0 Å². The average Bonchev–Trinajstić information content (AvgIpc) is 3.03. The average molecular weight is 388 g/mol. The van der Waals surface area contributed by atoms with Crippen molar-refractivity contribution >= 4 is 17.8 Å². The van der Waals surface area contributed by atoms with Crippen LogP contribution in [0.5, 0.6) is 0 Å². The first-order valence-corrected chi connectivity index (χ1v) is 8.60. The Hall–Kier alpha value is -1.79. The lowest BCUT2D eigenvalue weighted by Gasteiger charge is -2.36. The molecule has 152 valence electrons. The molecule has 0 bridgehead atoms. The summed E-state index contributed by atoms with van der Waals surface area (Å²) in [6.07, 6.45) is -3.80. The Balaban J connectivity index is 1.66. The van der Waals surface area contributed by atoms with Crippen LogP contribution in [0.4, 0.5) is 0 Å². The van der Waals surface area contributed by atoms with E-state index in [2.05, 4.69) is 10.6 Å². The van der Waals surface area contributed by atoms with E-state index in [9.17, 15) is 14.4 Å². The van der Waals surface area contributed by atoms with Crippen LogP contribution in [0.2, 0.25) is 0 Å². The smallest absolute Gasteiger partial charge is 0.322 e. The molecule has 0 spiro atoms. The van der Waals surface area contributed by atoms with Crippen molar-refractivity contribution in [1.29, 1.82) is 0 Å². The fraction of sp³-hybridized carbons (Fsp3) is 0.812. The standard InChI is InChI=1S/C16H24N2O9/c1-15(2)24-9-10(25-15)12-14(27-16(3,4)26-12)23-11(9)13(22)18-5-7(19)17-6-8(20)21/h9-12,14H,5-6H2,1-4H3,(H,17,19)(H,18,22)(H,20,21)/t9-,10-,11+,12-,14+/m1/s1. The molecule has 11 nitrogen and oxygen atoms in total. The summed E-state index contributed by atoms with van der Waals surface area (Å²) in [5, 5.41) is 13.1. The van der Waals surface area contributed by atoms with Gasteiger partial charge in [0.25, 0.3) is 5.91 Å². The highest BCUT2D eigenvalue weighted by molar-refractivity contribution is 5.88. The summed E-state index contributed by atoms with van der Waals surface area (Å²) >= 11 is 0. The number of hydrogen-bond donors (Lipinski definition) is 3. The molecular weight excluding hydrogens is 364 g/mol. The van der Waals surface area contributed by atoms with Crippen LogP contribution in [0.25, 0.3) is 0 Å². The number of carboxylic acid groups (broad SMARTS) is 1. The number of carbonyl (C=O) groups excluding carboxylic acids is 2. The lowest BCUT2D eigenvalue weighted by Crippen LogP contribution is -2.60. The van der Waals surface area contributed by atoms with Crippen LogP contribution in [0, 0.1) is 0 Å². The molecule has 0 aromatic rings. The summed E-state index contributed by atoms with van der Waals surface area (Å²) in [6, 6.07) is 0. The molecule has 3 aliphatic rings. The van der Waals surface area contributed by atoms with Gasteiger partial charge in [0.15, 0.2) is 24.0 Å². The number of rotatable bonds is 5. The summed E-state index contributed by atoms with van der Waals surface area (Å²) in [5.41, 5.74) is 0. The monoisotopic (exact) mass is 388 g/mol. The second-order valence-electron chi connectivity index (χ2n) is 7.48. The van der Waals surface area contributed by atoms with Gasteiger partial charge in [-0.05, 0) is 27.7 Å². The zero-order valence-corrected chi connectivity index (χ0v) is 15.5. The van der Waals surface area contributed by atoms with Gasteiger partial charge in [-0.25, -0.2) is 0 Å². The largest absolute Gasteiger partial charge is 0.480 e. The zero-order chi connectivity index (χ0) is 20.0. The maximum atomic E-state index is 12.6. The number of aliphatic carboxylic acids is 1. The quantitative estimate of drug-likeness (QED) is 0.524. The van der Waals surface area contributed by atoms with Gasteiger partial charge in [-0.1, -0.05) is 0 Å². The Morgan fingerprint density at radius 2 is 1.44 bits per heavy atom. The molecule has 3 fully saturated rings. The molecule has 27 heavy (non-hydrogen) atoms. The van der Waals surface area contributed by atoms with Gasteiger partial charge in [0, 0.05) is 0 Å². The molecule has 0 unspecified atom stereocenters. The van der Waals surface area contributed by atoms with Crippen molar-refractivity contribution in [3.8, 4) is 0 Å². The van der Waals surface area contributed by atoms with Gasteiger partial charge in [-0.3, -0.25) is 14.4 Å². The normalized spacial score (nSPS) is 35.8. The van der Waals surface area contributed by atoms with Crippen LogP contribution < -0.4 is 10.6 Å². The maximum absolute atomic E-state index is 12.6. The topological polar surface area (TPSA) is 142 Å². The molecule has 0 aromatic heterocycles. The highest BCUT2D eigenvalue weighted by Gasteiger charge is 2.62. The second-order valence-corrected chi connectivity index (χ2v) is 7.48. The fourth-order valence-corrected chi connectivity index (χ4v) is 3.33. The summed E-state index contributed by atoms with van der Waals surface area (Å²) in [5.74, 6) is -4.26. The summed E-state index contributed by atoms with van der Waals surface area (Å²) in [7, 11) is 0. The van der Waals surface area contributed by atoms with Crippen LogP contribution in [0.3, 0.4) is 0 Å². The minimum atomic E-state index is -1.18. The predicted octanol–water partition coefficient (Wildman–Crippen LogP) is -1.30. The van der Waals surface area contributed by atoms with E-state index in [1.807, 2.05) is 0 Å². The SMILES string of the molecule is CC1(C)O[C@@H]2[C@@H](O1)[C@@H](C(=O)NCC(=O)NCC(=O)O)O[C@H]1OC(C)(C)O[C@@H]12. The summed E-state index contributed by atoms with van der Waals surface area (Å²) in [6.45, 7) is 5.96. The van der Waals surface area contributed by atoms with Crippen molar-refractivity contribution < 1.29 is 43.2 Å². The number of ether oxygens (including phenoxy) is 5. The Bertz CT molecular complexity index is 635. The number of fused-ring (bicyclic) bond motifs is 3. The van der Waals surface area contributed by atoms with Gasteiger partial charge in [-0.15, -0.1) is 0 Å². The number of hydrogen-bond acceptors (Lipinski definition) is 8. The van der Waals surface area contributed by atoms with Crippen molar-refractivity contribution in [2.24, 2.45) is 0 Å². The molecule has 0 radical (unpaired) electrons. The predicted molar refractivity (Wildman–Crippen MR) is 86.2 cm³/mol. The van der Waals surface area contributed by atoms with Gasteiger partial charge in [-0.2, -0.15) is 0 Å². The van der Waals surface area contributed by atoms with E-state index in [1.54, 1.807) is 27.7 Å². The van der Waals surface area contributed by atoms with Crippen molar-refractivity contribution in [2.75, 3.05) is 13.1 Å². The van der Waals surface area contributed by atoms with Crippen LogP contribution in [0.1, 0.15) is 27.7 Å². The first-order chi connectivity index (χ1) is 12.5. The minimum Gasteiger partial charge on any atom is -0.480 e. The molecule has 5 atom stereocenters. The van der Waals surface area contributed by atoms with Crippen molar-refractivity contribution in [3.63, 3.8) is 0 Å². The molecule has 0 saturated carbocycles. The lowest BCUT2D eigenvalue weighted by molar-refractivity contribution is -0.231. The Labute approximate surface area is 155 Å².